The van der Waals surface area contributed by atoms with Gasteiger partial charge >= 0.3 is 5.97 Å². The van der Waals surface area contributed by atoms with Gasteiger partial charge < -0.3 is 5.11 Å². The topological polar surface area (TPSA) is 37.3 Å². The van der Waals surface area contributed by atoms with Crippen molar-refractivity contribution in [3.63, 3.8) is 0 Å². The monoisotopic (exact) mass is 494 g/mol. The molecule has 0 aromatic rings. The van der Waals surface area contributed by atoms with Gasteiger partial charge in [-0.15, -0.1) is 0 Å². The van der Waals surface area contributed by atoms with Crippen LogP contribution in [0.5, 0.6) is 0 Å². The molecule has 0 aromatic carbocycles. The van der Waals surface area contributed by atoms with E-state index in [0.29, 0.717) is 5.57 Å². The van der Waals surface area contributed by atoms with E-state index in [1.807, 2.05) is 0 Å². The van der Waals surface area contributed by atoms with Crippen LogP contribution in [0.4, 0.5) is 0 Å². The molecule has 0 atom stereocenters. The maximum absolute atomic E-state index is 12.9. The van der Waals surface area contributed by atoms with E-state index in [0.717, 1.165) is 38.5 Å². The lowest BCUT2D eigenvalue weighted by Crippen LogP contribution is -2.35. The van der Waals surface area contributed by atoms with Crippen LogP contribution in [0.25, 0.3) is 0 Å². The first kappa shape index (κ1) is 29.0. The lowest BCUT2D eigenvalue weighted by atomic mass is 9.59. The highest BCUT2D eigenvalue weighted by molar-refractivity contribution is 5.91. The van der Waals surface area contributed by atoms with Crippen molar-refractivity contribution in [2.45, 2.75) is 154 Å². The highest BCUT2D eigenvalue weighted by Gasteiger charge is 2.45. The Balaban J connectivity index is 2.19. The molecular weight excluding hydrogens is 440 g/mol. The molecule has 36 heavy (non-hydrogen) atoms. The van der Waals surface area contributed by atoms with Crippen molar-refractivity contribution in [1.29, 1.82) is 0 Å². The first-order chi connectivity index (χ1) is 17.7. The normalized spacial score (nSPS) is 24.2. The third-order valence-corrected chi connectivity index (χ3v) is 9.03. The van der Waals surface area contributed by atoms with E-state index >= 15 is 0 Å². The van der Waals surface area contributed by atoms with Crippen LogP contribution >= 0.6 is 0 Å². The maximum atomic E-state index is 12.9. The van der Waals surface area contributed by atoms with Crippen molar-refractivity contribution < 1.29 is 9.90 Å². The summed E-state index contributed by atoms with van der Waals surface area (Å²) in [5.41, 5.74) is 3.95. The van der Waals surface area contributed by atoms with Gasteiger partial charge in [0.2, 0.25) is 0 Å². The molecule has 0 unspecified atom stereocenters. The van der Waals surface area contributed by atoms with Crippen molar-refractivity contribution in [3.05, 3.63) is 47.1 Å². The second-order valence-corrected chi connectivity index (χ2v) is 11.7. The highest BCUT2D eigenvalue weighted by Crippen LogP contribution is 2.54. The molecule has 0 radical (unpaired) electrons. The molecule has 3 aliphatic rings. The molecule has 3 rings (SSSR count). The summed E-state index contributed by atoms with van der Waals surface area (Å²) in [4.78, 5) is 12.9. The molecule has 0 saturated heterocycles. The molecule has 0 aliphatic heterocycles. The Hall–Kier alpha value is -1.57. The van der Waals surface area contributed by atoms with E-state index in [-0.39, 0.29) is 0 Å². The summed E-state index contributed by atoms with van der Waals surface area (Å²) in [6.07, 6.45) is 36.5. The van der Waals surface area contributed by atoms with Gasteiger partial charge in [-0.05, 0) is 77.0 Å². The summed E-state index contributed by atoms with van der Waals surface area (Å²) in [5.74, 6) is -0.802. The van der Waals surface area contributed by atoms with Crippen LogP contribution in [0.15, 0.2) is 47.1 Å². The fraction of sp³-hybridized carbons (Fsp3) is 0.735. The Morgan fingerprint density at radius 2 is 0.806 bits per heavy atom. The molecule has 0 bridgehead atoms. The number of rotatable bonds is 5. The minimum absolute atomic E-state index is 0.428. The summed E-state index contributed by atoms with van der Waals surface area (Å²) < 4.78 is 0. The van der Waals surface area contributed by atoms with Gasteiger partial charge in [-0.25, -0.2) is 4.79 Å². The molecule has 0 saturated carbocycles. The number of carbonyl (C=O) groups is 1. The predicted octanol–water partition coefficient (Wildman–Crippen LogP) is 10.8. The van der Waals surface area contributed by atoms with Gasteiger partial charge in [-0.3, -0.25) is 0 Å². The average Bonchev–Trinajstić information content (AvgIpc) is 2.90. The van der Waals surface area contributed by atoms with E-state index in [2.05, 4.69) is 24.8 Å². The number of hydrogen-bond acceptors (Lipinski definition) is 1. The highest BCUT2D eigenvalue weighted by atomic mass is 16.4. The Morgan fingerprint density at radius 1 is 0.528 bits per heavy atom. The first-order valence-corrected chi connectivity index (χ1v) is 15.7. The zero-order chi connectivity index (χ0) is 25.5. The SMILES string of the molecule is C=C(C(=O)O)C(C1=CCCCCCCCC1)(C1=CCCCCCCCC1)C1=CCCCCCCCC1. The number of aliphatic carboxylic acids is 1. The molecule has 0 aromatic heterocycles. The Bertz CT molecular complexity index is 697. The third kappa shape index (κ3) is 8.22. The van der Waals surface area contributed by atoms with Gasteiger partial charge in [0, 0.05) is 5.57 Å². The van der Waals surface area contributed by atoms with E-state index in [4.69, 9.17) is 0 Å². The summed E-state index contributed by atoms with van der Waals surface area (Å²) in [6.45, 7) is 4.42. The quantitative estimate of drug-likeness (QED) is 0.305. The predicted molar refractivity (Wildman–Crippen MR) is 154 cm³/mol. The third-order valence-electron chi connectivity index (χ3n) is 9.03. The summed E-state index contributed by atoms with van der Waals surface area (Å²) in [5, 5.41) is 10.6. The summed E-state index contributed by atoms with van der Waals surface area (Å²) in [6, 6.07) is 0. The van der Waals surface area contributed by atoms with Crippen LogP contribution in [-0.2, 0) is 4.79 Å². The minimum Gasteiger partial charge on any atom is -0.478 e. The summed E-state index contributed by atoms with van der Waals surface area (Å²) >= 11 is 0. The molecular formula is C34H54O2. The van der Waals surface area contributed by atoms with Crippen LogP contribution in [0, 0.1) is 5.41 Å². The van der Waals surface area contributed by atoms with Gasteiger partial charge in [-0.1, -0.05) is 119 Å². The van der Waals surface area contributed by atoms with E-state index in [1.54, 1.807) is 0 Å². The van der Waals surface area contributed by atoms with Crippen LogP contribution in [0.1, 0.15) is 154 Å². The Morgan fingerprint density at radius 3 is 1.11 bits per heavy atom. The van der Waals surface area contributed by atoms with Crippen molar-refractivity contribution in [2.24, 2.45) is 5.41 Å². The van der Waals surface area contributed by atoms with E-state index in [1.165, 1.54) is 132 Å². The van der Waals surface area contributed by atoms with Crippen LogP contribution in [0.3, 0.4) is 0 Å². The van der Waals surface area contributed by atoms with E-state index < -0.39 is 11.4 Å². The fourth-order valence-corrected chi connectivity index (χ4v) is 7.02. The maximum Gasteiger partial charge on any atom is 0.332 e. The lowest BCUT2D eigenvalue weighted by Gasteiger charge is -2.43. The molecule has 2 heteroatoms. The fourth-order valence-electron chi connectivity index (χ4n) is 7.02. The second kappa shape index (κ2) is 16.3. The van der Waals surface area contributed by atoms with Crippen molar-refractivity contribution >= 4 is 5.97 Å². The largest absolute Gasteiger partial charge is 0.478 e. The van der Waals surface area contributed by atoms with E-state index in [9.17, 15) is 9.90 Å². The van der Waals surface area contributed by atoms with Gasteiger partial charge in [0.25, 0.3) is 0 Å². The molecule has 0 fully saturated rings. The molecule has 2 nitrogen and oxygen atoms in total. The van der Waals surface area contributed by atoms with Crippen LogP contribution in [-0.4, -0.2) is 11.1 Å². The molecule has 202 valence electrons. The zero-order valence-corrected chi connectivity index (χ0v) is 23.3. The van der Waals surface area contributed by atoms with Crippen LogP contribution < -0.4 is 0 Å². The Labute approximate surface area is 222 Å². The van der Waals surface area contributed by atoms with Gasteiger partial charge in [0.1, 0.15) is 0 Å². The number of carboxylic acid groups (broad SMARTS) is 1. The molecule has 3 aliphatic carbocycles. The van der Waals surface area contributed by atoms with Crippen molar-refractivity contribution in [2.75, 3.05) is 0 Å². The van der Waals surface area contributed by atoms with Crippen molar-refractivity contribution in [3.8, 4) is 0 Å². The second-order valence-electron chi connectivity index (χ2n) is 11.7. The Kier molecular flexibility index (Phi) is 13.1. The first-order valence-electron chi connectivity index (χ1n) is 15.7. The summed E-state index contributed by atoms with van der Waals surface area (Å²) in [7, 11) is 0. The number of carboxylic acids is 1. The molecule has 0 heterocycles. The zero-order valence-electron chi connectivity index (χ0n) is 23.3. The smallest absolute Gasteiger partial charge is 0.332 e. The molecule has 0 amide bonds. The standard InChI is InChI=1S/C34H54O2/c1-29(33(35)36)34(30-23-17-11-5-2-6-12-18-24-30,31-25-19-13-7-3-8-14-20-26-31)32-27-21-15-9-4-10-16-22-28-32/h23,25,27H,1-22,24,26,28H2,(H,35,36). The molecule has 0 spiro atoms. The minimum atomic E-state index is -0.802. The number of allylic oxidation sites excluding steroid dienone is 6. The average molecular weight is 495 g/mol. The van der Waals surface area contributed by atoms with Gasteiger partial charge in [0.15, 0.2) is 0 Å². The van der Waals surface area contributed by atoms with Crippen LogP contribution in [0.2, 0.25) is 0 Å². The lowest BCUT2D eigenvalue weighted by molar-refractivity contribution is -0.133. The number of hydrogen-bond donors (Lipinski definition) is 1. The van der Waals surface area contributed by atoms with Gasteiger partial charge in [0.05, 0.1) is 5.41 Å². The molecule has 1 N–H and O–H groups in total. The van der Waals surface area contributed by atoms with Gasteiger partial charge in [-0.2, -0.15) is 0 Å². The van der Waals surface area contributed by atoms with Crippen molar-refractivity contribution in [1.82, 2.24) is 0 Å².